The number of benzene rings is 3. The van der Waals surface area contributed by atoms with Crippen LogP contribution in [-0.4, -0.2) is 35.2 Å². The standard InChI is InChI=1S/C24H20IN3O7/c1-34-21-11-16(13-26-27-22(29)12-17-6-2-3-8-20(17)28(32)33)10-19(25)23(21)35-14-15-5-4-7-18(9-15)24(30)31/h2-11,13H,12,14H2,1H3,(H,27,29)(H,30,31)/b26-13+. The first kappa shape index (κ1) is 25.6. The van der Waals surface area contributed by atoms with Gasteiger partial charge in [-0.1, -0.05) is 30.3 Å². The maximum atomic E-state index is 12.2. The summed E-state index contributed by atoms with van der Waals surface area (Å²) < 4.78 is 12.0. The summed E-state index contributed by atoms with van der Waals surface area (Å²) in [6, 6.07) is 15.9. The quantitative estimate of drug-likeness (QED) is 0.157. The number of nitrogens with one attached hydrogen (secondary N) is 1. The summed E-state index contributed by atoms with van der Waals surface area (Å²) in [5.41, 5.74) is 4.01. The molecule has 0 saturated carbocycles. The Morgan fingerprint density at radius 2 is 1.94 bits per heavy atom. The Morgan fingerprint density at radius 1 is 1.17 bits per heavy atom. The zero-order valence-corrected chi connectivity index (χ0v) is 20.6. The number of hydrazone groups is 1. The Kier molecular flexibility index (Phi) is 8.73. The van der Waals surface area contributed by atoms with E-state index in [2.05, 4.69) is 33.1 Å². The summed E-state index contributed by atoms with van der Waals surface area (Å²) in [7, 11) is 1.48. The topological polar surface area (TPSA) is 140 Å². The Hall–Kier alpha value is -4.00. The van der Waals surface area contributed by atoms with Gasteiger partial charge >= 0.3 is 5.97 Å². The predicted molar refractivity (Wildman–Crippen MR) is 136 cm³/mol. The number of nitro groups is 1. The molecule has 0 atom stereocenters. The maximum Gasteiger partial charge on any atom is 0.335 e. The van der Waals surface area contributed by atoms with Crippen molar-refractivity contribution in [2.45, 2.75) is 13.0 Å². The molecule has 0 aromatic heterocycles. The minimum atomic E-state index is -1.02. The van der Waals surface area contributed by atoms with Gasteiger partial charge in [-0.25, -0.2) is 10.2 Å². The van der Waals surface area contributed by atoms with Crippen molar-refractivity contribution in [1.82, 2.24) is 5.43 Å². The molecule has 0 saturated heterocycles. The van der Waals surface area contributed by atoms with Crippen LogP contribution in [0.3, 0.4) is 0 Å². The Balaban J connectivity index is 1.66. The van der Waals surface area contributed by atoms with Gasteiger partial charge in [-0.05, 0) is 58.0 Å². The third kappa shape index (κ3) is 6.99. The van der Waals surface area contributed by atoms with Gasteiger partial charge in [-0.2, -0.15) is 5.10 Å². The fraction of sp³-hybridized carbons (Fsp3) is 0.125. The zero-order chi connectivity index (χ0) is 25.4. The first-order valence-electron chi connectivity index (χ1n) is 10.1. The van der Waals surface area contributed by atoms with Gasteiger partial charge in [0.25, 0.3) is 5.69 Å². The summed E-state index contributed by atoms with van der Waals surface area (Å²) in [4.78, 5) is 33.9. The summed E-state index contributed by atoms with van der Waals surface area (Å²) in [5, 5.41) is 24.2. The highest BCUT2D eigenvalue weighted by molar-refractivity contribution is 14.1. The van der Waals surface area contributed by atoms with Gasteiger partial charge in [0, 0.05) is 11.6 Å². The lowest BCUT2D eigenvalue weighted by atomic mass is 10.1. The molecule has 0 radical (unpaired) electrons. The van der Waals surface area contributed by atoms with Crippen LogP contribution in [0.1, 0.15) is 27.0 Å². The second-order valence-electron chi connectivity index (χ2n) is 7.18. The van der Waals surface area contributed by atoms with E-state index in [4.69, 9.17) is 14.6 Å². The van der Waals surface area contributed by atoms with Crippen molar-refractivity contribution in [1.29, 1.82) is 0 Å². The number of aromatic carboxylic acids is 1. The van der Waals surface area contributed by atoms with Gasteiger partial charge in [-0.3, -0.25) is 14.9 Å². The van der Waals surface area contributed by atoms with E-state index in [1.54, 1.807) is 30.3 Å². The van der Waals surface area contributed by atoms with Crippen molar-refractivity contribution < 1.29 is 29.1 Å². The van der Waals surface area contributed by atoms with Crippen LogP contribution in [0.25, 0.3) is 0 Å². The van der Waals surface area contributed by atoms with Crippen LogP contribution in [0.5, 0.6) is 11.5 Å². The molecule has 3 aromatic carbocycles. The first-order chi connectivity index (χ1) is 16.8. The number of carbonyl (C=O) groups excluding carboxylic acids is 1. The average molecular weight is 589 g/mol. The van der Waals surface area contributed by atoms with Crippen LogP contribution >= 0.6 is 22.6 Å². The Morgan fingerprint density at radius 3 is 2.66 bits per heavy atom. The van der Waals surface area contributed by atoms with Crippen molar-refractivity contribution in [3.05, 3.63) is 96.6 Å². The number of nitro benzene ring substituents is 1. The molecule has 0 heterocycles. The maximum absolute atomic E-state index is 12.2. The number of carboxylic acids is 1. The summed E-state index contributed by atoms with van der Waals surface area (Å²) in [6.07, 6.45) is 1.23. The fourth-order valence-electron chi connectivity index (χ4n) is 3.13. The van der Waals surface area contributed by atoms with E-state index in [0.717, 1.165) is 0 Å². The SMILES string of the molecule is COc1cc(/C=N/NC(=O)Cc2ccccc2[N+](=O)[O-])cc(I)c1OCc1cccc(C(=O)O)c1. The molecular formula is C24H20IN3O7. The normalized spacial score (nSPS) is 10.7. The van der Waals surface area contributed by atoms with Crippen LogP contribution in [0.2, 0.25) is 0 Å². The van der Waals surface area contributed by atoms with Crippen LogP contribution in [-0.2, 0) is 17.8 Å². The predicted octanol–water partition coefficient (Wildman–Crippen LogP) is 4.18. The lowest BCUT2D eigenvalue weighted by Gasteiger charge is -2.14. The van der Waals surface area contributed by atoms with E-state index in [-0.39, 0.29) is 29.8 Å². The molecular weight excluding hydrogens is 569 g/mol. The molecule has 0 aliphatic heterocycles. The number of ether oxygens (including phenoxy) is 2. The number of hydrogen-bond acceptors (Lipinski definition) is 7. The van der Waals surface area contributed by atoms with E-state index >= 15 is 0 Å². The largest absolute Gasteiger partial charge is 0.493 e. The molecule has 0 aliphatic rings. The molecule has 0 fully saturated rings. The number of rotatable bonds is 10. The molecule has 0 aliphatic carbocycles. The lowest BCUT2D eigenvalue weighted by molar-refractivity contribution is -0.385. The Bertz CT molecular complexity index is 1290. The third-order valence-corrected chi connectivity index (χ3v) is 5.55. The molecule has 3 rings (SSSR count). The minimum absolute atomic E-state index is 0.129. The van der Waals surface area contributed by atoms with Gasteiger partial charge in [0.05, 0.1) is 33.8 Å². The monoisotopic (exact) mass is 589 g/mol. The minimum Gasteiger partial charge on any atom is -0.493 e. The number of amides is 1. The number of para-hydroxylation sites is 1. The van der Waals surface area contributed by atoms with E-state index in [0.29, 0.717) is 26.2 Å². The second kappa shape index (κ2) is 11.9. The number of carboxylic acid groups (broad SMARTS) is 1. The van der Waals surface area contributed by atoms with Crippen molar-refractivity contribution >= 4 is 46.4 Å². The fourth-order valence-corrected chi connectivity index (χ4v) is 3.91. The summed E-state index contributed by atoms with van der Waals surface area (Å²) >= 11 is 2.07. The van der Waals surface area contributed by atoms with E-state index in [1.807, 2.05) is 0 Å². The highest BCUT2D eigenvalue weighted by atomic mass is 127. The smallest absolute Gasteiger partial charge is 0.335 e. The zero-order valence-electron chi connectivity index (χ0n) is 18.4. The summed E-state index contributed by atoms with van der Waals surface area (Å²) in [5.74, 6) is -0.608. The highest BCUT2D eigenvalue weighted by Gasteiger charge is 2.15. The third-order valence-electron chi connectivity index (χ3n) is 4.75. The molecule has 35 heavy (non-hydrogen) atoms. The van der Waals surface area contributed by atoms with Crippen LogP contribution in [0.15, 0.2) is 65.8 Å². The second-order valence-corrected chi connectivity index (χ2v) is 8.35. The van der Waals surface area contributed by atoms with Crippen molar-refractivity contribution in [3.63, 3.8) is 0 Å². The molecule has 10 nitrogen and oxygen atoms in total. The number of methoxy groups -OCH3 is 1. The van der Waals surface area contributed by atoms with Crippen molar-refractivity contribution in [2.24, 2.45) is 5.10 Å². The van der Waals surface area contributed by atoms with E-state index < -0.39 is 16.8 Å². The number of carbonyl (C=O) groups is 2. The molecule has 11 heteroatoms. The van der Waals surface area contributed by atoms with E-state index in [9.17, 15) is 19.7 Å². The van der Waals surface area contributed by atoms with Crippen LogP contribution in [0.4, 0.5) is 5.69 Å². The molecule has 0 bridgehead atoms. The van der Waals surface area contributed by atoms with Crippen molar-refractivity contribution in [3.8, 4) is 11.5 Å². The molecule has 2 N–H and O–H groups in total. The van der Waals surface area contributed by atoms with Gasteiger partial charge in [0.2, 0.25) is 5.91 Å². The number of nitrogens with zero attached hydrogens (tertiary/aromatic N) is 2. The van der Waals surface area contributed by atoms with E-state index in [1.165, 1.54) is 43.7 Å². The summed E-state index contributed by atoms with van der Waals surface area (Å²) in [6.45, 7) is 0.141. The van der Waals surface area contributed by atoms with Crippen LogP contribution in [0, 0.1) is 13.7 Å². The van der Waals surface area contributed by atoms with Gasteiger partial charge in [0.15, 0.2) is 11.5 Å². The first-order valence-corrected chi connectivity index (χ1v) is 11.2. The molecule has 0 unspecified atom stereocenters. The highest BCUT2D eigenvalue weighted by Crippen LogP contribution is 2.34. The lowest BCUT2D eigenvalue weighted by Crippen LogP contribution is -2.20. The van der Waals surface area contributed by atoms with Crippen molar-refractivity contribution in [2.75, 3.05) is 7.11 Å². The van der Waals surface area contributed by atoms with Gasteiger partial charge in [-0.15, -0.1) is 0 Å². The van der Waals surface area contributed by atoms with Gasteiger partial charge < -0.3 is 14.6 Å². The van der Waals surface area contributed by atoms with Crippen LogP contribution < -0.4 is 14.9 Å². The Labute approximate surface area is 213 Å². The molecule has 1 amide bonds. The average Bonchev–Trinajstić information content (AvgIpc) is 2.83. The molecule has 0 spiro atoms. The van der Waals surface area contributed by atoms with Gasteiger partial charge in [0.1, 0.15) is 6.61 Å². The molecule has 3 aromatic rings. The number of hydrogen-bond donors (Lipinski definition) is 2. The number of halogens is 1. The molecule has 180 valence electrons.